The summed E-state index contributed by atoms with van der Waals surface area (Å²) >= 11 is 2.04. The van der Waals surface area contributed by atoms with E-state index in [1.807, 2.05) is 29.5 Å². The first kappa shape index (κ1) is 16.1. The Hall–Kier alpha value is -1.31. The highest BCUT2D eigenvalue weighted by atomic mass is 127. The zero-order valence-electron chi connectivity index (χ0n) is 11.9. The molecule has 2 rings (SSSR count). The lowest BCUT2D eigenvalue weighted by atomic mass is 9.83. The summed E-state index contributed by atoms with van der Waals surface area (Å²) < 4.78 is 0.815. The summed E-state index contributed by atoms with van der Waals surface area (Å²) in [5, 5.41) is 14.8. The summed E-state index contributed by atoms with van der Waals surface area (Å²) in [6.45, 7) is 2.04. The Bertz CT molecular complexity index is 554. The van der Waals surface area contributed by atoms with Crippen molar-refractivity contribution in [3.63, 3.8) is 0 Å². The molecule has 3 N–H and O–H groups in total. The predicted molar refractivity (Wildman–Crippen MR) is 89.8 cm³/mol. The fourth-order valence-corrected chi connectivity index (χ4v) is 3.18. The number of carbonyl (C=O) groups excluding carboxylic acids is 1. The van der Waals surface area contributed by atoms with Gasteiger partial charge in [0.2, 0.25) is 0 Å². The summed E-state index contributed by atoms with van der Waals surface area (Å²) in [5.41, 5.74) is 0.222. The summed E-state index contributed by atoms with van der Waals surface area (Å²) in [6, 6.07) is 4.59. The molecule has 1 aliphatic rings. The smallest absolute Gasteiger partial charge is 0.337 e. The van der Waals surface area contributed by atoms with Gasteiger partial charge in [0.1, 0.15) is 0 Å². The van der Waals surface area contributed by atoms with Crippen LogP contribution in [0.2, 0.25) is 0 Å². The largest absolute Gasteiger partial charge is 0.478 e. The van der Waals surface area contributed by atoms with Gasteiger partial charge in [-0.1, -0.05) is 19.3 Å². The summed E-state index contributed by atoms with van der Waals surface area (Å²) in [7, 11) is 0. The average molecular weight is 402 g/mol. The highest BCUT2D eigenvalue weighted by molar-refractivity contribution is 14.1. The maximum absolute atomic E-state index is 12.1. The highest BCUT2D eigenvalue weighted by Gasteiger charge is 2.28. The van der Waals surface area contributed by atoms with Crippen LogP contribution in [0.1, 0.15) is 49.4 Å². The van der Waals surface area contributed by atoms with Crippen molar-refractivity contribution in [2.45, 2.75) is 44.6 Å². The van der Waals surface area contributed by atoms with Crippen molar-refractivity contribution in [2.24, 2.45) is 0 Å². The lowest BCUT2D eigenvalue weighted by Gasteiger charge is -2.34. The third kappa shape index (κ3) is 4.33. The monoisotopic (exact) mass is 402 g/mol. The van der Waals surface area contributed by atoms with E-state index in [-0.39, 0.29) is 17.1 Å². The minimum atomic E-state index is -1.05. The van der Waals surface area contributed by atoms with Crippen LogP contribution in [0.5, 0.6) is 0 Å². The summed E-state index contributed by atoms with van der Waals surface area (Å²) in [6.07, 6.45) is 5.35. The molecule has 0 bridgehead atoms. The molecule has 1 aromatic rings. The van der Waals surface area contributed by atoms with Crippen molar-refractivity contribution >= 4 is 40.3 Å². The molecule has 0 heterocycles. The first-order valence-corrected chi connectivity index (χ1v) is 8.09. The van der Waals surface area contributed by atoms with Crippen molar-refractivity contribution in [3.8, 4) is 0 Å². The third-order valence-corrected chi connectivity index (χ3v) is 4.50. The van der Waals surface area contributed by atoms with Crippen molar-refractivity contribution in [2.75, 3.05) is 5.32 Å². The first-order chi connectivity index (χ1) is 9.89. The molecule has 1 aliphatic carbocycles. The van der Waals surface area contributed by atoms with Crippen LogP contribution in [0.25, 0.3) is 0 Å². The lowest BCUT2D eigenvalue weighted by Crippen LogP contribution is -2.49. The molecule has 0 saturated heterocycles. The van der Waals surface area contributed by atoms with Gasteiger partial charge in [0.25, 0.3) is 0 Å². The molecule has 0 atom stereocenters. The van der Waals surface area contributed by atoms with Crippen molar-refractivity contribution in [3.05, 3.63) is 27.3 Å². The number of urea groups is 1. The second kappa shape index (κ2) is 6.64. The van der Waals surface area contributed by atoms with Gasteiger partial charge in [0, 0.05) is 9.11 Å². The molecule has 21 heavy (non-hydrogen) atoms. The fourth-order valence-electron chi connectivity index (χ4n) is 2.69. The van der Waals surface area contributed by atoms with Crippen molar-refractivity contribution in [1.29, 1.82) is 0 Å². The number of amides is 2. The molecule has 0 aromatic heterocycles. The van der Waals surface area contributed by atoms with E-state index in [1.54, 1.807) is 18.2 Å². The maximum atomic E-state index is 12.1. The molecule has 1 saturated carbocycles. The molecule has 5 nitrogen and oxygen atoms in total. The van der Waals surface area contributed by atoms with Gasteiger partial charge < -0.3 is 15.7 Å². The number of anilines is 1. The topological polar surface area (TPSA) is 78.4 Å². The van der Waals surface area contributed by atoms with Crippen LogP contribution in [0.3, 0.4) is 0 Å². The van der Waals surface area contributed by atoms with E-state index in [1.165, 1.54) is 6.42 Å². The Kier molecular flexibility index (Phi) is 5.08. The van der Waals surface area contributed by atoms with Gasteiger partial charge in [0.15, 0.2) is 0 Å². The van der Waals surface area contributed by atoms with Gasteiger partial charge in [0.05, 0.1) is 11.3 Å². The molecule has 1 fully saturated rings. The number of rotatable bonds is 3. The SMILES string of the molecule is CC1(NC(=O)Nc2ccc(I)cc2C(=O)O)CCCCC1. The number of aromatic carboxylic acids is 1. The Morgan fingerprint density at radius 1 is 1.24 bits per heavy atom. The molecular weight excluding hydrogens is 383 g/mol. The van der Waals surface area contributed by atoms with E-state index in [9.17, 15) is 14.7 Å². The Labute approximate surface area is 137 Å². The maximum Gasteiger partial charge on any atom is 0.337 e. The molecule has 2 amide bonds. The zero-order chi connectivity index (χ0) is 15.5. The Morgan fingerprint density at radius 2 is 1.90 bits per heavy atom. The van der Waals surface area contributed by atoms with Gasteiger partial charge in [-0.05, 0) is 60.6 Å². The molecular formula is C15H19IN2O3. The average Bonchev–Trinajstić information content (AvgIpc) is 2.40. The van der Waals surface area contributed by atoms with Gasteiger partial charge in [-0.2, -0.15) is 0 Å². The number of hydrogen-bond donors (Lipinski definition) is 3. The molecule has 0 spiro atoms. The molecule has 114 valence electrons. The van der Waals surface area contributed by atoms with Gasteiger partial charge in [-0.15, -0.1) is 0 Å². The van der Waals surface area contributed by atoms with Crippen LogP contribution in [0.15, 0.2) is 18.2 Å². The Morgan fingerprint density at radius 3 is 2.52 bits per heavy atom. The third-order valence-electron chi connectivity index (χ3n) is 3.83. The van der Waals surface area contributed by atoms with Crippen LogP contribution < -0.4 is 10.6 Å². The van der Waals surface area contributed by atoms with Crippen LogP contribution >= 0.6 is 22.6 Å². The molecule has 1 aromatic carbocycles. The van der Waals surface area contributed by atoms with Gasteiger partial charge in [-0.3, -0.25) is 0 Å². The van der Waals surface area contributed by atoms with Gasteiger partial charge >= 0.3 is 12.0 Å². The number of carbonyl (C=O) groups is 2. The van der Waals surface area contributed by atoms with Crippen LogP contribution in [0.4, 0.5) is 10.5 Å². The van der Waals surface area contributed by atoms with Crippen LogP contribution in [0, 0.1) is 3.57 Å². The van der Waals surface area contributed by atoms with Crippen LogP contribution in [-0.2, 0) is 0 Å². The molecule has 0 unspecified atom stereocenters. The predicted octanol–water partition coefficient (Wildman–Crippen LogP) is 3.83. The summed E-state index contributed by atoms with van der Waals surface area (Å²) in [4.78, 5) is 23.4. The lowest BCUT2D eigenvalue weighted by molar-refractivity contribution is 0.0698. The summed E-state index contributed by atoms with van der Waals surface area (Å²) in [5.74, 6) is -1.05. The van der Waals surface area contributed by atoms with E-state index in [0.717, 1.165) is 29.3 Å². The van der Waals surface area contributed by atoms with E-state index in [0.29, 0.717) is 5.69 Å². The van der Waals surface area contributed by atoms with E-state index in [4.69, 9.17) is 0 Å². The van der Waals surface area contributed by atoms with E-state index < -0.39 is 5.97 Å². The minimum Gasteiger partial charge on any atom is -0.478 e. The standard InChI is InChI=1S/C15H19IN2O3/c1-15(7-3-2-4-8-15)18-14(21)17-12-6-5-10(16)9-11(12)13(19)20/h5-6,9H,2-4,7-8H2,1H3,(H,19,20)(H2,17,18,21). The normalized spacial score (nSPS) is 17.0. The molecule has 6 heteroatoms. The fraction of sp³-hybridized carbons (Fsp3) is 0.467. The van der Waals surface area contributed by atoms with E-state index >= 15 is 0 Å². The minimum absolute atomic E-state index is 0.103. The van der Waals surface area contributed by atoms with Crippen LogP contribution in [-0.4, -0.2) is 22.6 Å². The number of nitrogens with one attached hydrogen (secondary N) is 2. The number of hydrogen-bond acceptors (Lipinski definition) is 2. The first-order valence-electron chi connectivity index (χ1n) is 7.02. The highest BCUT2D eigenvalue weighted by Crippen LogP contribution is 2.27. The second-order valence-electron chi connectivity index (χ2n) is 5.70. The number of benzene rings is 1. The second-order valence-corrected chi connectivity index (χ2v) is 6.94. The van der Waals surface area contributed by atoms with E-state index in [2.05, 4.69) is 10.6 Å². The Balaban J connectivity index is 2.07. The number of carboxylic acids is 1. The quantitative estimate of drug-likeness (QED) is 0.673. The molecule has 0 aliphatic heterocycles. The number of carboxylic acid groups (broad SMARTS) is 1. The zero-order valence-corrected chi connectivity index (χ0v) is 14.1. The molecule has 0 radical (unpaired) electrons. The van der Waals surface area contributed by atoms with Crippen molar-refractivity contribution in [1.82, 2.24) is 5.32 Å². The van der Waals surface area contributed by atoms with Gasteiger partial charge in [-0.25, -0.2) is 9.59 Å². The van der Waals surface area contributed by atoms with Crippen molar-refractivity contribution < 1.29 is 14.7 Å². The number of halogens is 1.